The van der Waals surface area contributed by atoms with Crippen molar-refractivity contribution in [3.8, 4) is 11.5 Å². The molecule has 0 aromatic heterocycles. The van der Waals surface area contributed by atoms with Crippen molar-refractivity contribution in [2.75, 3.05) is 0 Å². The van der Waals surface area contributed by atoms with Gasteiger partial charge >= 0.3 is 0 Å². The topological polar surface area (TPSA) is 29.5 Å². The summed E-state index contributed by atoms with van der Waals surface area (Å²) in [5.41, 5.74) is 4.74. The van der Waals surface area contributed by atoms with Gasteiger partial charge in [-0.05, 0) is 88.3 Å². The third-order valence-corrected chi connectivity index (χ3v) is 5.66. The molecule has 1 aliphatic heterocycles. The van der Waals surface area contributed by atoms with Gasteiger partial charge in [-0.2, -0.15) is 0 Å². The van der Waals surface area contributed by atoms with Crippen LogP contribution in [0.5, 0.6) is 11.5 Å². The number of hydrogen-bond acceptors (Lipinski definition) is 2. The minimum Gasteiger partial charge on any atom is -0.508 e. The highest BCUT2D eigenvalue weighted by Gasteiger charge is 2.38. The second-order valence-electron chi connectivity index (χ2n) is 9.89. The van der Waals surface area contributed by atoms with E-state index in [1.807, 2.05) is 19.9 Å². The number of hydrogen-bond donors (Lipinski definition) is 1. The Morgan fingerprint density at radius 2 is 2.00 bits per heavy atom. The summed E-state index contributed by atoms with van der Waals surface area (Å²) in [7, 11) is 0. The maximum atomic E-state index is 10.1. The van der Waals surface area contributed by atoms with Gasteiger partial charge in [-0.3, -0.25) is 0 Å². The molecule has 1 aliphatic rings. The first-order valence-electron chi connectivity index (χ1n) is 10.1. The van der Waals surface area contributed by atoms with E-state index in [0.717, 1.165) is 42.6 Å². The zero-order valence-corrected chi connectivity index (χ0v) is 18.1. The summed E-state index contributed by atoms with van der Waals surface area (Å²) in [6, 6.07) is 1.84. The molecule has 26 heavy (non-hydrogen) atoms. The Morgan fingerprint density at radius 3 is 2.62 bits per heavy atom. The Hall–Kier alpha value is -1.44. The first kappa shape index (κ1) is 20.9. The second-order valence-corrected chi connectivity index (χ2v) is 9.89. The quantitative estimate of drug-likeness (QED) is 0.561. The highest BCUT2D eigenvalue weighted by molar-refractivity contribution is 5.53. The molecule has 1 unspecified atom stereocenters. The molecular formula is C24H38O2. The summed E-state index contributed by atoms with van der Waals surface area (Å²) in [6.45, 7) is 17.8. The van der Waals surface area contributed by atoms with Crippen LogP contribution < -0.4 is 4.74 Å². The fraction of sp³-hybridized carbons (Fsp3) is 0.667. The van der Waals surface area contributed by atoms with Gasteiger partial charge < -0.3 is 9.84 Å². The number of rotatable bonds is 6. The van der Waals surface area contributed by atoms with Crippen LogP contribution in [0.4, 0.5) is 0 Å². The van der Waals surface area contributed by atoms with E-state index in [1.165, 1.54) is 17.6 Å². The molecule has 2 heteroatoms. The summed E-state index contributed by atoms with van der Waals surface area (Å²) in [5, 5.41) is 10.1. The van der Waals surface area contributed by atoms with Gasteiger partial charge in [0.25, 0.3) is 0 Å². The number of fused-ring (bicyclic) bond motifs is 1. The molecule has 0 aliphatic carbocycles. The molecule has 1 N–H and O–H groups in total. The van der Waals surface area contributed by atoms with Crippen molar-refractivity contribution in [2.24, 2.45) is 11.3 Å². The van der Waals surface area contributed by atoms with Crippen LogP contribution >= 0.6 is 0 Å². The molecule has 1 aromatic carbocycles. The van der Waals surface area contributed by atoms with E-state index < -0.39 is 0 Å². The zero-order chi connectivity index (χ0) is 19.7. The molecule has 2 nitrogen and oxygen atoms in total. The monoisotopic (exact) mass is 358 g/mol. The van der Waals surface area contributed by atoms with E-state index in [1.54, 1.807) is 0 Å². The molecule has 0 saturated heterocycles. The van der Waals surface area contributed by atoms with Crippen molar-refractivity contribution >= 4 is 0 Å². The van der Waals surface area contributed by atoms with Crippen LogP contribution in [0.15, 0.2) is 17.7 Å². The number of phenols is 1. The zero-order valence-electron chi connectivity index (χ0n) is 18.1. The number of benzene rings is 1. The fourth-order valence-electron chi connectivity index (χ4n) is 4.46. The molecule has 1 atom stereocenters. The molecule has 0 fully saturated rings. The van der Waals surface area contributed by atoms with Crippen molar-refractivity contribution in [2.45, 2.75) is 93.1 Å². The van der Waals surface area contributed by atoms with Crippen molar-refractivity contribution in [3.05, 3.63) is 34.4 Å². The van der Waals surface area contributed by atoms with Crippen molar-refractivity contribution in [1.29, 1.82) is 0 Å². The summed E-state index contributed by atoms with van der Waals surface area (Å²) in [6.07, 6.45) is 7.70. The molecule has 1 aromatic rings. The molecule has 1 heterocycles. The Labute approximate surface area is 160 Å². The summed E-state index contributed by atoms with van der Waals surface area (Å²) in [4.78, 5) is 0. The van der Waals surface area contributed by atoms with E-state index in [-0.39, 0.29) is 11.0 Å². The Morgan fingerprint density at radius 1 is 1.35 bits per heavy atom. The number of aryl methyl sites for hydroxylation is 1. The maximum absolute atomic E-state index is 10.1. The van der Waals surface area contributed by atoms with Gasteiger partial charge in [0.15, 0.2) is 0 Å². The van der Waals surface area contributed by atoms with Crippen molar-refractivity contribution in [1.82, 2.24) is 0 Å². The molecule has 0 spiro atoms. The smallest absolute Gasteiger partial charge is 0.126 e. The first-order valence-corrected chi connectivity index (χ1v) is 10.1. The van der Waals surface area contributed by atoms with Crippen LogP contribution in [0, 0.1) is 25.2 Å². The molecule has 0 saturated carbocycles. The highest BCUT2D eigenvalue weighted by atomic mass is 16.5. The number of allylic oxidation sites excluding steroid dienone is 2. The standard InChI is InChI=1S/C24H38O2/c1-16(2)13-17(3)9-11-23(6,7)15-24(8)12-10-20-19(5)21(25)14-18(4)22(20)26-24/h9,14,16,25H,10-13,15H2,1-8H3/b17-9+. The van der Waals surface area contributed by atoms with Crippen LogP contribution in [0.3, 0.4) is 0 Å². The van der Waals surface area contributed by atoms with Crippen LogP contribution in [0.2, 0.25) is 0 Å². The Bertz CT molecular complexity index is 682. The summed E-state index contributed by atoms with van der Waals surface area (Å²) < 4.78 is 6.56. The van der Waals surface area contributed by atoms with Crippen LogP contribution in [-0.2, 0) is 6.42 Å². The fourth-order valence-corrected chi connectivity index (χ4v) is 4.46. The molecule has 146 valence electrons. The SMILES string of the molecule is C/C(=C\CC(C)(C)CC1(C)CCc2c(C)c(O)cc(C)c2O1)CC(C)C. The number of ether oxygens (including phenoxy) is 1. The van der Waals surface area contributed by atoms with E-state index in [2.05, 4.69) is 47.6 Å². The Balaban J connectivity index is 2.13. The summed E-state index contributed by atoms with van der Waals surface area (Å²) in [5.74, 6) is 2.10. The van der Waals surface area contributed by atoms with E-state index in [0.29, 0.717) is 11.7 Å². The normalized spacial score (nSPS) is 20.9. The average molecular weight is 359 g/mol. The lowest BCUT2D eigenvalue weighted by Gasteiger charge is -2.42. The number of phenolic OH excluding ortho intramolecular Hbond substituents is 1. The molecular weight excluding hydrogens is 320 g/mol. The molecule has 0 amide bonds. The van der Waals surface area contributed by atoms with Crippen LogP contribution in [-0.4, -0.2) is 10.7 Å². The largest absolute Gasteiger partial charge is 0.508 e. The lowest BCUT2D eigenvalue weighted by atomic mass is 9.75. The van der Waals surface area contributed by atoms with Gasteiger partial charge in [0.1, 0.15) is 17.1 Å². The second kappa shape index (κ2) is 7.66. The van der Waals surface area contributed by atoms with E-state index in [9.17, 15) is 5.11 Å². The average Bonchev–Trinajstić information content (AvgIpc) is 2.49. The van der Waals surface area contributed by atoms with Gasteiger partial charge in [0, 0.05) is 5.56 Å². The third-order valence-electron chi connectivity index (χ3n) is 5.66. The van der Waals surface area contributed by atoms with Gasteiger partial charge in [-0.15, -0.1) is 0 Å². The molecule has 2 rings (SSSR count). The van der Waals surface area contributed by atoms with Crippen molar-refractivity contribution < 1.29 is 9.84 Å². The molecule has 0 bridgehead atoms. The van der Waals surface area contributed by atoms with Crippen LogP contribution in [0.1, 0.15) is 83.9 Å². The third kappa shape index (κ3) is 5.05. The van der Waals surface area contributed by atoms with E-state index in [4.69, 9.17) is 4.74 Å². The van der Waals surface area contributed by atoms with Gasteiger partial charge in [-0.25, -0.2) is 0 Å². The lowest BCUT2D eigenvalue weighted by molar-refractivity contribution is 0.0201. The predicted octanol–water partition coefficient (Wildman–Crippen LogP) is 6.89. The van der Waals surface area contributed by atoms with E-state index >= 15 is 0 Å². The van der Waals surface area contributed by atoms with Gasteiger partial charge in [0.2, 0.25) is 0 Å². The minimum absolute atomic E-state index is 0.148. The van der Waals surface area contributed by atoms with Crippen LogP contribution in [0.25, 0.3) is 0 Å². The maximum Gasteiger partial charge on any atom is 0.126 e. The first-order chi connectivity index (χ1) is 11.9. The number of aromatic hydroxyl groups is 1. The van der Waals surface area contributed by atoms with Gasteiger partial charge in [-0.1, -0.05) is 39.3 Å². The lowest BCUT2D eigenvalue weighted by Crippen LogP contribution is -2.41. The summed E-state index contributed by atoms with van der Waals surface area (Å²) >= 11 is 0. The predicted molar refractivity (Wildman–Crippen MR) is 111 cm³/mol. The Kier molecular flexibility index (Phi) is 6.15. The highest BCUT2D eigenvalue weighted by Crippen LogP contribution is 2.45. The van der Waals surface area contributed by atoms with Crippen molar-refractivity contribution in [3.63, 3.8) is 0 Å². The minimum atomic E-state index is -0.148. The van der Waals surface area contributed by atoms with Gasteiger partial charge in [0.05, 0.1) is 0 Å². The molecule has 0 radical (unpaired) electrons.